The number of allylic oxidation sites excluding steroid dienone is 1. The van der Waals surface area contributed by atoms with Gasteiger partial charge in [0.05, 0.1) is 18.4 Å². The number of nitrogens with zero attached hydrogens (tertiary/aromatic N) is 3. The van der Waals surface area contributed by atoms with Gasteiger partial charge in [-0.25, -0.2) is 4.79 Å². The summed E-state index contributed by atoms with van der Waals surface area (Å²) in [6.07, 6.45) is 1.73. The second-order valence-electron chi connectivity index (χ2n) is 5.89. The van der Waals surface area contributed by atoms with E-state index in [-0.39, 0.29) is 18.3 Å². The van der Waals surface area contributed by atoms with Gasteiger partial charge in [0.15, 0.2) is 11.0 Å². The van der Waals surface area contributed by atoms with Crippen molar-refractivity contribution in [2.75, 3.05) is 18.2 Å². The zero-order chi connectivity index (χ0) is 21.3. The molecule has 0 aliphatic carbocycles. The third-order valence-corrected chi connectivity index (χ3v) is 5.67. The smallest absolute Gasteiger partial charge is 0.340 e. The molecule has 3 rings (SSSR count). The molecule has 0 unspecified atom stereocenters. The average molecular weight is 445 g/mol. The van der Waals surface area contributed by atoms with Crippen molar-refractivity contribution in [3.8, 4) is 5.75 Å². The zero-order valence-corrected chi connectivity index (χ0v) is 17.9. The lowest BCUT2D eigenvalue weighted by molar-refractivity contribution is -0.113. The molecule has 0 saturated carbocycles. The van der Waals surface area contributed by atoms with Gasteiger partial charge in [-0.15, -0.1) is 28.1 Å². The molecular weight excluding hydrogens is 424 g/mol. The van der Waals surface area contributed by atoms with Crippen molar-refractivity contribution in [3.05, 3.63) is 65.8 Å². The fourth-order valence-electron chi connectivity index (χ4n) is 2.48. The van der Waals surface area contributed by atoms with Crippen molar-refractivity contribution >= 4 is 40.0 Å². The average Bonchev–Trinajstić information content (AvgIpc) is 3.38. The Morgan fingerprint density at radius 3 is 2.80 bits per heavy atom. The predicted molar refractivity (Wildman–Crippen MR) is 116 cm³/mol. The largest absolute Gasteiger partial charge is 0.486 e. The third kappa shape index (κ3) is 5.49. The molecule has 0 atom stereocenters. The second kappa shape index (κ2) is 10.6. The maximum absolute atomic E-state index is 12.4. The van der Waals surface area contributed by atoms with Crippen LogP contribution in [0.5, 0.6) is 5.75 Å². The van der Waals surface area contributed by atoms with Crippen LogP contribution in [0.25, 0.3) is 0 Å². The Labute approximate surface area is 181 Å². The number of thiophene rings is 1. The minimum atomic E-state index is -0.493. The Kier molecular flexibility index (Phi) is 7.63. The Hall–Kier alpha value is -3.11. The van der Waals surface area contributed by atoms with Crippen LogP contribution in [0, 0.1) is 0 Å². The van der Waals surface area contributed by atoms with Gasteiger partial charge in [0.25, 0.3) is 0 Å². The number of hydrogen-bond donors (Lipinski definition) is 1. The van der Waals surface area contributed by atoms with Gasteiger partial charge in [-0.05, 0) is 23.6 Å². The molecule has 30 heavy (non-hydrogen) atoms. The van der Waals surface area contributed by atoms with E-state index in [0.29, 0.717) is 28.1 Å². The van der Waals surface area contributed by atoms with Crippen LogP contribution >= 0.6 is 23.1 Å². The maximum atomic E-state index is 12.4. The van der Waals surface area contributed by atoms with E-state index < -0.39 is 5.97 Å². The van der Waals surface area contributed by atoms with Crippen molar-refractivity contribution in [1.29, 1.82) is 0 Å². The molecule has 8 nitrogen and oxygen atoms in total. The number of carbonyl (C=O) groups excluding carboxylic acids is 2. The van der Waals surface area contributed by atoms with Crippen LogP contribution in [0.4, 0.5) is 5.00 Å². The molecule has 2 aromatic heterocycles. The molecule has 1 N–H and O–H groups in total. The zero-order valence-electron chi connectivity index (χ0n) is 16.2. The minimum Gasteiger partial charge on any atom is -0.486 e. The van der Waals surface area contributed by atoms with Gasteiger partial charge in [-0.3, -0.25) is 9.36 Å². The van der Waals surface area contributed by atoms with Crippen LogP contribution in [0.3, 0.4) is 0 Å². The Bertz CT molecular complexity index is 1020. The number of anilines is 1. The molecule has 1 amide bonds. The monoisotopic (exact) mass is 444 g/mol. The lowest BCUT2D eigenvalue weighted by Crippen LogP contribution is -2.16. The quantitative estimate of drug-likeness (QED) is 0.290. The number of carbonyl (C=O) groups is 2. The SMILES string of the molecule is C=CCn1c(COc2ccccc2)nnc1SCC(=O)Nc1sccc1C(=O)OC. The number of thioether (sulfide) groups is 1. The number of nitrogens with one attached hydrogen (secondary N) is 1. The van der Waals surface area contributed by atoms with Gasteiger partial charge in [0, 0.05) is 6.54 Å². The highest BCUT2D eigenvalue weighted by Crippen LogP contribution is 2.25. The molecule has 3 aromatic rings. The molecule has 0 aliphatic rings. The number of amides is 1. The summed E-state index contributed by atoms with van der Waals surface area (Å²) in [4.78, 5) is 24.1. The maximum Gasteiger partial charge on any atom is 0.340 e. The molecule has 1 aromatic carbocycles. The highest BCUT2D eigenvalue weighted by molar-refractivity contribution is 7.99. The Morgan fingerprint density at radius 2 is 2.07 bits per heavy atom. The summed E-state index contributed by atoms with van der Waals surface area (Å²) >= 11 is 2.50. The number of para-hydroxylation sites is 1. The molecule has 0 saturated heterocycles. The normalized spacial score (nSPS) is 10.4. The number of rotatable bonds is 10. The first-order valence-corrected chi connectivity index (χ1v) is 10.8. The Morgan fingerprint density at radius 1 is 1.27 bits per heavy atom. The lowest BCUT2D eigenvalue weighted by Gasteiger charge is -2.09. The molecule has 2 heterocycles. The molecular formula is C20H20N4O4S2. The first-order chi connectivity index (χ1) is 14.6. The van der Waals surface area contributed by atoms with E-state index in [9.17, 15) is 9.59 Å². The number of hydrogen-bond acceptors (Lipinski definition) is 8. The molecule has 0 radical (unpaired) electrons. The molecule has 0 bridgehead atoms. The number of esters is 1. The minimum absolute atomic E-state index is 0.104. The summed E-state index contributed by atoms with van der Waals surface area (Å²) in [7, 11) is 1.30. The van der Waals surface area contributed by atoms with Gasteiger partial charge in [-0.2, -0.15) is 0 Å². The fraction of sp³-hybridized carbons (Fsp3) is 0.200. The van der Waals surface area contributed by atoms with Crippen LogP contribution in [0.15, 0.2) is 59.6 Å². The van der Waals surface area contributed by atoms with Crippen LogP contribution in [0.1, 0.15) is 16.2 Å². The van der Waals surface area contributed by atoms with Crippen LogP contribution in [0.2, 0.25) is 0 Å². The van der Waals surface area contributed by atoms with E-state index in [1.165, 1.54) is 30.2 Å². The summed E-state index contributed by atoms with van der Waals surface area (Å²) in [5.74, 6) is 0.716. The fourth-order valence-corrected chi connectivity index (χ4v) is 4.04. The van der Waals surface area contributed by atoms with Gasteiger partial charge < -0.3 is 14.8 Å². The van der Waals surface area contributed by atoms with E-state index in [4.69, 9.17) is 9.47 Å². The molecule has 0 aliphatic heterocycles. The predicted octanol–water partition coefficient (Wildman–Crippen LogP) is 3.62. The molecule has 0 fully saturated rings. The summed E-state index contributed by atoms with van der Waals surface area (Å²) < 4.78 is 12.3. The van der Waals surface area contributed by atoms with E-state index >= 15 is 0 Å². The highest BCUT2D eigenvalue weighted by atomic mass is 32.2. The van der Waals surface area contributed by atoms with Crippen LogP contribution < -0.4 is 10.1 Å². The number of ether oxygens (including phenoxy) is 2. The van der Waals surface area contributed by atoms with E-state index in [2.05, 4.69) is 22.1 Å². The van der Waals surface area contributed by atoms with Gasteiger partial charge >= 0.3 is 5.97 Å². The van der Waals surface area contributed by atoms with Crippen LogP contribution in [-0.4, -0.2) is 39.5 Å². The number of aromatic nitrogens is 3. The van der Waals surface area contributed by atoms with Crippen molar-refractivity contribution in [3.63, 3.8) is 0 Å². The van der Waals surface area contributed by atoms with Gasteiger partial charge in [-0.1, -0.05) is 36.0 Å². The van der Waals surface area contributed by atoms with E-state index in [0.717, 1.165) is 5.75 Å². The highest BCUT2D eigenvalue weighted by Gasteiger charge is 2.17. The summed E-state index contributed by atoms with van der Waals surface area (Å²) in [6, 6.07) is 11.0. The van der Waals surface area contributed by atoms with E-state index in [1.54, 1.807) is 17.5 Å². The summed E-state index contributed by atoms with van der Waals surface area (Å²) in [5.41, 5.74) is 0.330. The first kappa shape index (κ1) is 21.6. The van der Waals surface area contributed by atoms with Crippen LogP contribution in [-0.2, 0) is 22.7 Å². The number of methoxy groups -OCH3 is 1. The number of benzene rings is 1. The molecule has 156 valence electrons. The first-order valence-electron chi connectivity index (χ1n) is 8.91. The van der Waals surface area contributed by atoms with Crippen molar-refractivity contribution < 1.29 is 19.1 Å². The lowest BCUT2D eigenvalue weighted by atomic mass is 10.3. The van der Waals surface area contributed by atoms with Gasteiger partial charge in [0.1, 0.15) is 17.4 Å². The third-order valence-electron chi connectivity index (χ3n) is 3.87. The summed E-state index contributed by atoms with van der Waals surface area (Å²) in [6.45, 7) is 4.50. The van der Waals surface area contributed by atoms with E-state index in [1.807, 2.05) is 34.9 Å². The van der Waals surface area contributed by atoms with Crippen molar-refractivity contribution in [2.24, 2.45) is 0 Å². The molecule has 0 spiro atoms. The topological polar surface area (TPSA) is 95.3 Å². The Balaban J connectivity index is 1.61. The standard InChI is InChI=1S/C20H20N4O4S2/c1-3-10-24-16(12-28-14-7-5-4-6-8-14)22-23-20(24)30-13-17(25)21-18-15(9-11-29-18)19(26)27-2/h3-9,11H,1,10,12-13H2,2H3,(H,21,25). The van der Waals surface area contributed by atoms with Crippen molar-refractivity contribution in [1.82, 2.24) is 14.8 Å². The second-order valence-corrected chi connectivity index (χ2v) is 7.75. The molecule has 10 heteroatoms. The van der Waals surface area contributed by atoms with Gasteiger partial charge in [0.2, 0.25) is 5.91 Å². The summed E-state index contributed by atoms with van der Waals surface area (Å²) in [5, 5.41) is 13.8. The van der Waals surface area contributed by atoms with Crippen molar-refractivity contribution in [2.45, 2.75) is 18.3 Å².